The summed E-state index contributed by atoms with van der Waals surface area (Å²) >= 11 is 0. The molecule has 0 aromatic rings. The Kier molecular flexibility index (Phi) is 4.67. The standard InChI is InChI=1S/C12H20F3N3O/c13-12(14,15)10-8-16-11(19)9-18(10)7-6-17-4-2-1-3-5-17/h10H,1-9H2,(H,16,19). The highest BCUT2D eigenvalue weighted by atomic mass is 19.4. The van der Waals surface area contributed by atoms with E-state index < -0.39 is 12.2 Å². The summed E-state index contributed by atoms with van der Waals surface area (Å²) in [5, 5.41) is 2.29. The molecule has 0 aromatic carbocycles. The molecule has 2 saturated heterocycles. The first-order valence-electron chi connectivity index (χ1n) is 6.76. The highest BCUT2D eigenvalue weighted by molar-refractivity contribution is 5.78. The van der Waals surface area contributed by atoms with Crippen molar-refractivity contribution in [2.45, 2.75) is 31.5 Å². The molecule has 0 aromatic heterocycles. The number of nitrogens with one attached hydrogen (secondary N) is 1. The minimum Gasteiger partial charge on any atom is -0.353 e. The molecular weight excluding hydrogens is 259 g/mol. The van der Waals surface area contributed by atoms with E-state index in [4.69, 9.17) is 0 Å². The van der Waals surface area contributed by atoms with Crippen LogP contribution in [0.3, 0.4) is 0 Å². The summed E-state index contributed by atoms with van der Waals surface area (Å²) in [6.45, 7) is 2.34. The Labute approximate surface area is 110 Å². The lowest BCUT2D eigenvalue weighted by Gasteiger charge is -2.38. The maximum atomic E-state index is 12.9. The lowest BCUT2D eigenvalue weighted by Crippen LogP contribution is -2.61. The first-order chi connectivity index (χ1) is 8.97. The maximum absolute atomic E-state index is 12.9. The van der Waals surface area contributed by atoms with E-state index in [1.165, 1.54) is 11.3 Å². The molecule has 2 heterocycles. The van der Waals surface area contributed by atoms with E-state index in [1.807, 2.05) is 0 Å². The average molecular weight is 279 g/mol. The van der Waals surface area contributed by atoms with Crippen LogP contribution >= 0.6 is 0 Å². The Morgan fingerprint density at radius 2 is 1.84 bits per heavy atom. The van der Waals surface area contributed by atoms with Gasteiger partial charge in [0, 0.05) is 19.6 Å². The summed E-state index contributed by atoms with van der Waals surface area (Å²) in [4.78, 5) is 14.7. The fourth-order valence-corrected chi connectivity index (χ4v) is 2.70. The molecule has 19 heavy (non-hydrogen) atoms. The largest absolute Gasteiger partial charge is 0.405 e. The molecule has 0 saturated carbocycles. The third-order valence-corrected chi connectivity index (χ3v) is 3.81. The van der Waals surface area contributed by atoms with Crippen molar-refractivity contribution in [1.29, 1.82) is 0 Å². The van der Waals surface area contributed by atoms with Crippen molar-refractivity contribution in [2.24, 2.45) is 0 Å². The molecule has 1 atom stereocenters. The number of carbonyl (C=O) groups excluding carboxylic acids is 1. The Bertz CT molecular complexity index is 316. The second-order valence-corrected chi connectivity index (χ2v) is 5.23. The molecule has 4 nitrogen and oxygen atoms in total. The van der Waals surface area contributed by atoms with Gasteiger partial charge in [-0.25, -0.2) is 0 Å². The van der Waals surface area contributed by atoms with Gasteiger partial charge >= 0.3 is 6.18 Å². The lowest BCUT2D eigenvalue weighted by atomic mass is 10.1. The predicted molar refractivity (Wildman–Crippen MR) is 64.7 cm³/mol. The molecule has 0 aliphatic carbocycles. The summed E-state index contributed by atoms with van der Waals surface area (Å²) in [5.74, 6) is -0.320. The number of hydrogen-bond acceptors (Lipinski definition) is 3. The smallest absolute Gasteiger partial charge is 0.353 e. The van der Waals surface area contributed by atoms with Crippen LogP contribution in [0.5, 0.6) is 0 Å². The summed E-state index contributed by atoms with van der Waals surface area (Å²) in [7, 11) is 0. The van der Waals surface area contributed by atoms with Crippen LogP contribution in [0.25, 0.3) is 0 Å². The van der Waals surface area contributed by atoms with Crippen molar-refractivity contribution in [1.82, 2.24) is 15.1 Å². The van der Waals surface area contributed by atoms with Crippen molar-refractivity contribution in [3.8, 4) is 0 Å². The molecule has 0 radical (unpaired) electrons. The zero-order valence-corrected chi connectivity index (χ0v) is 10.9. The third-order valence-electron chi connectivity index (χ3n) is 3.81. The highest BCUT2D eigenvalue weighted by Gasteiger charge is 2.46. The quantitative estimate of drug-likeness (QED) is 0.831. The Hall–Kier alpha value is -0.820. The minimum atomic E-state index is -4.28. The number of amides is 1. The van der Waals surface area contributed by atoms with Gasteiger partial charge in [0.15, 0.2) is 0 Å². The number of piperazine rings is 1. The van der Waals surface area contributed by atoms with Gasteiger partial charge in [-0.15, -0.1) is 0 Å². The van der Waals surface area contributed by atoms with Crippen LogP contribution < -0.4 is 5.32 Å². The molecule has 7 heteroatoms. The van der Waals surface area contributed by atoms with Gasteiger partial charge in [-0.1, -0.05) is 6.42 Å². The van der Waals surface area contributed by atoms with Gasteiger partial charge in [-0.2, -0.15) is 13.2 Å². The second kappa shape index (κ2) is 6.09. The molecule has 110 valence electrons. The monoisotopic (exact) mass is 279 g/mol. The Balaban J connectivity index is 1.88. The third kappa shape index (κ3) is 4.07. The van der Waals surface area contributed by atoms with Crippen LogP contribution in [0.4, 0.5) is 13.2 Å². The van der Waals surface area contributed by atoms with Gasteiger partial charge in [0.2, 0.25) is 5.91 Å². The van der Waals surface area contributed by atoms with E-state index in [-0.39, 0.29) is 19.0 Å². The molecule has 1 N–H and O–H groups in total. The van der Waals surface area contributed by atoms with Crippen LogP contribution in [-0.4, -0.2) is 67.2 Å². The van der Waals surface area contributed by atoms with Crippen molar-refractivity contribution in [3.05, 3.63) is 0 Å². The van der Waals surface area contributed by atoms with Crippen molar-refractivity contribution in [2.75, 3.05) is 39.3 Å². The molecule has 2 fully saturated rings. The van der Waals surface area contributed by atoms with Gasteiger partial charge in [-0.05, 0) is 25.9 Å². The zero-order chi connectivity index (χ0) is 13.9. The van der Waals surface area contributed by atoms with Crippen LogP contribution in [-0.2, 0) is 4.79 Å². The fourth-order valence-electron chi connectivity index (χ4n) is 2.70. The average Bonchev–Trinajstić information content (AvgIpc) is 2.36. The molecule has 1 unspecified atom stereocenters. The summed E-state index contributed by atoms with van der Waals surface area (Å²) in [6.07, 6.45) is -0.851. The molecule has 0 spiro atoms. The molecule has 2 rings (SSSR count). The van der Waals surface area contributed by atoms with Crippen molar-refractivity contribution >= 4 is 5.91 Å². The molecule has 2 aliphatic heterocycles. The lowest BCUT2D eigenvalue weighted by molar-refractivity contribution is -0.189. The predicted octanol–water partition coefficient (Wildman–Crippen LogP) is 0.835. The first-order valence-corrected chi connectivity index (χ1v) is 6.76. The normalized spacial score (nSPS) is 27.3. The highest BCUT2D eigenvalue weighted by Crippen LogP contribution is 2.25. The number of rotatable bonds is 3. The zero-order valence-electron chi connectivity index (χ0n) is 10.9. The number of likely N-dealkylation sites (tertiary alicyclic amines) is 1. The minimum absolute atomic E-state index is 0.155. The van der Waals surface area contributed by atoms with Crippen LogP contribution in [0, 0.1) is 0 Å². The van der Waals surface area contributed by atoms with Crippen LogP contribution in [0.15, 0.2) is 0 Å². The van der Waals surface area contributed by atoms with E-state index in [9.17, 15) is 18.0 Å². The number of hydrogen-bond donors (Lipinski definition) is 1. The Morgan fingerprint density at radius 1 is 1.16 bits per heavy atom. The number of nitrogens with zero attached hydrogens (tertiary/aromatic N) is 2. The second-order valence-electron chi connectivity index (χ2n) is 5.23. The number of carbonyl (C=O) groups is 1. The first kappa shape index (κ1) is 14.6. The summed E-state index contributed by atoms with van der Waals surface area (Å²) in [5.41, 5.74) is 0. The number of piperidine rings is 1. The Morgan fingerprint density at radius 3 is 2.47 bits per heavy atom. The summed E-state index contributed by atoms with van der Waals surface area (Å²) < 4.78 is 38.6. The van der Waals surface area contributed by atoms with Gasteiger partial charge in [-0.3, -0.25) is 9.69 Å². The van der Waals surface area contributed by atoms with E-state index in [0.29, 0.717) is 13.1 Å². The topological polar surface area (TPSA) is 35.6 Å². The molecule has 0 bridgehead atoms. The summed E-state index contributed by atoms with van der Waals surface area (Å²) in [6, 6.07) is -1.55. The van der Waals surface area contributed by atoms with Crippen LogP contribution in [0.2, 0.25) is 0 Å². The van der Waals surface area contributed by atoms with E-state index >= 15 is 0 Å². The number of halogens is 3. The fraction of sp³-hybridized carbons (Fsp3) is 0.917. The van der Waals surface area contributed by atoms with E-state index in [0.717, 1.165) is 25.9 Å². The van der Waals surface area contributed by atoms with Gasteiger partial charge in [0.05, 0.1) is 6.54 Å². The van der Waals surface area contributed by atoms with Crippen molar-refractivity contribution in [3.63, 3.8) is 0 Å². The van der Waals surface area contributed by atoms with E-state index in [1.54, 1.807) is 0 Å². The van der Waals surface area contributed by atoms with Gasteiger partial charge < -0.3 is 10.2 Å². The molecule has 2 aliphatic rings. The van der Waals surface area contributed by atoms with Gasteiger partial charge in [0.25, 0.3) is 0 Å². The maximum Gasteiger partial charge on any atom is 0.405 e. The SMILES string of the molecule is O=C1CN(CCN2CCCCC2)C(C(F)(F)F)CN1. The van der Waals surface area contributed by atoms with Gasteiger partial charge in [0.1, 0.15) is 6.04 Å². The van der Waals surface area contributed by atoms with Crippen molar-refractivity contribution < 1.29 is 18.0 Å². The van der Waals surface area contributed by atoms with Crippen LogP contribution in [0.1, 0.15) is 19.3 Å². The van der Waals surface area contributed by atoms with E-state index in [2.05, 4.69) is 10.2 Å². The molecule has 1 amide bonds. The number of alkyl halides is 3. The molecular formula is C12H20F3N3O.